The van der Waals surface area contributed by atoms with E-state index in [0.29, 0.717) is 0 Å². The van der Waals surface area contributed by atoms with Crippen LogP contribution in [0.3, 0.4) is 0 Å². The summed E-state index contributed by atoms with van der Waals surface area (Å²) in [5.41, 5.74) is -1.58. The maximum Gasteiger partial charge on any atom is 0.349 e. The second kappa shape index (κ2) is 5.98. The van der Waals surface area contributed by atoms with E-state index in [2.05, 4.69) is 5.32 Å². The molecule has 0 saturated carbocycles. The van der Waals surface area contributed by atoms with Crippen LogP contribution in [0, 0.1) is 0 Å². The van der Waals surface area contributed by atoms with Crippen LogP contribution >= 0.6 is 0 Å². The van der Waals surface area contributed by atoms with E-state index in [4.69, 9.17) is 5.11 Å². The summed E-state index contributed by atoms with van der Waals surface area (Å²) in [6, 6.07) is 5.29. The summed E-state index contributed by atoms with van der Waals surface area (Å²) in [4.78, 5) is 23.8. The van der Waals surface area contributed by atoms with E-state index in [1.165, 1.54) is 43.5 Å². The maximum atomic E-state index is 14.1. The van der Waals surface area contributed by atoms with Crippen molar-refractivity contribution in [2.45, 2.75) is 5.66 Å². The molecule has 22 heavy (non-hydrogen) atoms. The minimum absolute atomic E-state index is 0.0219. The lowest BCUT2D eigenvalue weighted by molar-refractivity contribution is -0.154. The Bertz CT molecular complexity index is 654. The van der Waals surface area contributed by atoms with Gasteiger partial charge in [-0.2, -0.15) is 4.39 Å². The van der Waals surface area contributed by atoms with Crippen molar-refractivity contribution in [1.82, 2.24) is 10.2 Å². The van der Waals surface area contributed by atoms with E-state index < -0.39 is 23.6 Å². The molecular weight excluding hydrogens is 291 g/mol. The number of nitrogens with one attached hydrogen (secondary N) is 1. The molecular formula is C15H15FN2O4. The van der Waals surface area contributed by atoms with Crippen molar-refractivity contribution < 1.29 is 24.2 Å². The van der Waals surface area contributed by atoms with Crippen LogP contribution in [0.5, 0.6) is 0 Å². The first kappa shape index (κ1) is 15.7. The molecule has 6 nitrogen and oxygen atoms in total. The van der Waals surface area contributed by atoms with E-state index in [0.717, 1.165) is 4.90 Å². The summed E-state index contributed by atoms with van der Waals surface area (Å²) in [5, 5.41) is 21.2. The number of nitrogens with zero attached hydrogens (tertiary/aromatic N) is 1. The average molecular weight is 306 g/mol. The molecule has 1 aliphatic rings. The molecule has 2 rings (SSSR count). The number of carboxylic acid groups (broad SMARTS) is 2. The van der Waals surface area contributed by atoms with E-state index >= 15 is 0 Å². The molecule has 116 valence electrons. The van der Waals surface area contributed by atoms with Crippen LogP contribution in [0.15, 0.2) is 48.4 Å². The fraction of sp³-hybridized carbons (Fsp3) is 0.200. The lowest BCUT2D eigenvalue weighted by Crippen LogP contribution is -2.59. The zero-order valence-electron chi connectivity index (χ0n) is 11.8. The predicted molar refractivity (Wildman–Crippen MR) is 76.8 cm³/mol. The number of rotatable bonds is 5. The highest BCUT2D eigenvalue weighted by Crippen LogP contribution is 2.31. The summed E-state index contributed by atoms with van der Waals surface area (Å²) in [5.74, 6) is -3.11. The van der Waals surface area contributed by atoms with E-state index in [-0.39, 0.29) is 17.7 Å². The van der Waals surface area contributed by atoms with Gasteiger partial charge >= 0.3 is 11.9 Å². The molecule has 0 amide bonds. The number of likely N-dealkylation sites (N-methyl/N-ethyl adjacent to an activating group) is 1. The first-order valence-corrected chi connectivity index (χ1v) is 6.49. The monoisotopic (exact) mass is 306 g/mol. The smallest absolute Gasteiger partial charge is 0.349 e. The lowest BCUT2D eigenvalue weighted by atomic mass is 9.95. The number of aromatic carboxylic acids is 1. The minimum Gasteiger partial charge on any atom is -0.478 e. The highest BCUT2D eigenvalue weighted by atomic mass is 19.1. The molecule has 3 N–H and O–H groups in total. The molecule has 1 heterocycles. The summed E-state index contributed by atoms with van der Waals surface area (Å²) >= 11 is 0. The van der Waals surface area contributed by atoms with Crippen LogP contribution in [-0.4, -0.2) is 40.6 Å². The Labute approximate surface area is 126 Å². The van der Waals surface area contributed by atoms with Gasteiger partial charge in [0.15, 0.2) is 5.95 Å². The van der Waals surface area contributed by atoms with Gasteiger partial charge in [0.05, 0.1) is 5.56 Å². The van der Waals surface area contributed by atoms with Gasteiger partial charge in [-0.25, -0.2) is 9.59 Å². The van der Waals surface area contributed by atoms with E-state index in [9.17, 15) is 19.1 Å². The topological polar surface area (TPSA) is 89.9 Å². The van der Waals surface area contributed by atoms with Crippen molar-refractivity contribution >= 4 is 11.9 Å². The quantitative estimate of drug-likeness (QED) is 0.715. The SMILES string of the molecule is CNC(C(=O)O)(c1ccc(C(=O)O)cc1)N1CC=CC=C1F. The highest BCUT2D eigenvalue weighted by Gasteiger charge is 2.46. The second-order valence-electron chi connectivity index (χ2n) is 4.68. The number of halogens is 1. The van der Waals surface area contributed by atoms with Gasteiger partial charge in [0.25, 0.3) is 0 Å². The molecule has 1 atom stereocenters. The van der Waals surface area contributed by atoms with Crippen LogP contribution < -0.4 is 5.32 Å². The number of benzene rings is 1. The van der Waals surface area contributed by atoms with Crippen LogP contribution in [0.25, 0.3) is 0 Å². The molecule has 0 fully saturated rings. The molecule has 1 aliphatic heterocycles. The van der Waals surface area contributed by atoms with Gasteiger partial charge in [-0.1, -0.05) is 24.3 Å². The number of hydrogen-bond donors (Lipinski definition) is 3. The number of hydrogen-bond acceptors (Lipinski definition) is 4. The largest absolute Gasteiger partial charge is 0.478 e. The van der Waals surface area contributed by atoms with Crippen LogP contribution in [0.1, 0.15) is 15.9 Å². The molecule has 0 bridgehead atoms. The molecule has 0 saturated heterocycles. The third kappa shape index (κ3) is 2.46. The standard InChI is InChI=1S/C15H15FN2O4/c1-17-15(14(21)22,18-9-3-2-4-12(18)16)11-7-5-10(6-8-11)13(19)20/h2-8,17H,9H2,1H3,(H,19,20)(H,21,22). The van der Waals surface area contributed by atoms with Crippen molar-refractivity contribution in [3.05, 3.63) is 59.6 Å². The zero-order valence-corrected chi connectivity index (χ0v) is 11.8. The molecule has 1 aromatic carbocycles. The van der Waals surface area contributed by atoms with Crippen LogP contribution in [0.4, 0.5) is 4.39 Å². The van der Waals surface area contributed by atoms with Crippen LogP contribution in [0.2, 0.25) is 0 Å². The third-order valence-corrected chi connectivity index (χ3v) is 3.54. The Balaban J connectivity index is 2.54. The number of aliphatic carboxylic acids is 1. The Kier molecular flexibility index (Phi) is 4.27. The van der Waals surface area contributed by atoms with Gasteiger partial charge in [0, 0.05) is 12.1 Å². The van der Waals surface area contributed by atoms with Crippen molar-refractivity contribution in [3.63, 3.8) is 0 Å². The Morgan fingerprint density at radius 3 is 2.36 bits per heavy atom. The number of carbonyl (C=O) groups is 2. The van der Waals surface area contributed by atoms with Gasteiger partial charge < -0.3 is 15.1 Å². The van der Waals surface area contributed by atoms with Gasteiger partial charge in [0.1, 0.15) is 0 Å². The lowest BCUT2D eigenvalue weighted by Gasteiger charge is -2.41. The van der Waals surface area contributed by atoms with Crippen molar-refractivity contribution in [2.24, 2.45) is 0 Å². The van der Waals surface area contributed by atoms with Gasteiger partial charge in [0.2, 0.25) is 5.66 Å². The molecule has 1 unspecified atom stereocenters. The normalized spacial score (nSPS) is 16.8. The summed E-state index contributed by atoms with van der Waals surface area (Å²) in [6.07, 6.45) is 4.30. The molecule has 0 spiro atoms. The summed E-state index contributed by atoms with van der Waals surface area (Å²) in [7, 11) is 1.41. The fourth-order valence-corrected chi connectivity index (χ4v) is 2.42. The van der Waals surface area contributed by atoms with Crippen LogP contribution in [-0.2, 0) is 10.5 Å². The average Bonchev–Trinajstić information content (AvgIpc) is 2.50. The van der Waals surface area contributed by atoms with Crippen molar-refractivity contribution in [1.29, 1.82) is 0 Å². The van der Waals surface area contributed by atoms with Crippen molar-refractivity contribution in [3.8, 4) is 0 Å². The molecule has 7 heteroatoms. The zero-order chi connectivity index (χ0) is 16.3. The summed E-state index contributed by atoms with van der Waals surface area (Å²) in [6.45, 7) is 0.0656. The molecule has 1 aromatic rings. The maximum absolute atomic E-state index is 14.1. The Morgan fingerprint density at radius 1 is 1.27 bits per heavy atom. The minimum atomic E-state index is -1.83. The second-order valence-corrected chi connectivity index (χ2v) is 4.68. The highest BCUT2D eigenvalue weighted by molar-refractivity contribution is 5.88. The van der Waals surface area contributed by atoms with Gasteiger partial charge in [-0.3, -0.25) is 5.32 Å². The Morgan fingerprint density at radius 2 is 1.91 bits per heavy atom. The van der Waals surface area contributed by atoms with Gasteiger partial charge in [-0.15, -0.1) is 0 Å². The van der Waals surface area contributed by atoms with Gasteiger partial charge in [-0.05, 0) is 25.3 Å². The first-order chi connectivity index (χ1) is 10.4. The summed E-state index contributed by atoms with van der Waals surface area (Å²) < 4.78 is 14.1. The fourth-order valence-electron chi connectivity index (χ4n) is 2.42. The first-order valence-electron chi connectivity index (χ1n) is 6.49. The molecule has 0 aromatic heterocycles. The molecule has 0 radical (unpaired) electrons. The third-order valence-electron chi connectivity index (χ3n) is 3.54. The number of carboxylic acids is 2. The van der Waals surface area contributed by atoms with E-state index in [1.54, 1.807) is 6.08 Å². The predicted octanol–water partition coefficient (Wildman–Crippen LogP) is 1.52. The Hall–Kier alpha value is -2.67. The molecule has 0 aliphatic carbocycles. The van der Waals surface area contributed by atoms with E-state index in [1.807, 2.05) is 0 Å². The number of allylic oxidation sites excluding steroid dienone is 2. The van der Waals surface area contributed by atoms with Crippen molar-refractivity contribution in [2.75, 3.05) is 13.6 Å².